The molecule has 10 heteroatoms. The molecule has 0 aliphatic rings. The number of aromatic amines is 1. The summed E-state index contributed by atoms with van der Waals surface area (Å²) >= 11 is 0. The Hall–Kier alpha value is -3.56. The first-order valence-corrected chi connectivity index (χ1v) is 7.02. The number of amides is 1. The van der Waals surface area contributed by atoms with Crippen molar-refractivity contribution >= 4 is 11.7 Å². The molecule has 122 valence electrons. The summed E-state index contributed by atoms with van der Waals surface area (Å²) in [5, 5.41) is 2.63. The van der Waals surface area contributed by atoms with Gasteiger partial charge in [-0.05, 0) is 0 Å². The van der Waals surface area contributed by atoms with E-state index in [1.54, 1.807) is 29.4 Å². The van der Waals surface area contributed by atoms with Gasteiger partial charge in [-0.3, -0.25) is 19.1 Å². The molecule has 0 unspecified atom stereocenters. The summed E-state index contributed by atoms with van der Waals surface area (Å²) in [5.74, 6) is 0.588. The van der Waals surface area contributed by atoms with Crippen molar-refractivity contribution in [2.75, 3.05) is 5.32 Å². The first-order valence-electron chi connectivity index (χ1n) is 7.02. The molecule has 10 nitrogen and oxygen atoms in total. The normalized spacial score (nSPS) is 10.5. The van der Waals surface area contributed by atoms with Crippen molar-refractivity contribution in [2.45, 2.75) is 13.0 Å². The molecule has 0 aliphatic heterocycles. The standard InChI is InChI=1S/C14H13N7O3/c22-12(1-4-20-5-2-13(23)19-14(20)24)18-10-7-11(17-8-16-10)21-6-3-15-9-21/h2-3,5-9H,1,4H2,(H,19,23,24)(H,16,17,18,22). The zero-order chi connectivity index (χ0) is 16.9. The SMILES string of the molecule is O=C(CCn1ccc(=O)[nH]c1=O)Nc1cc(-n2ccnc2)ncn1. The fourth-order valence-corrected chi connectivity index (χ4v) is 2.00. The number of hydrogen-bond donors (Lipinski definition) is 2. The van der Waals surface area contributed by atoms with Crippen molar-refractivity contribution in [2.24, 2.45) is 0 Å². The van der Waals surface area contributed by atoms with Crippen LogP contribution < -0.4 is 16.6 Å². The van der Waals surface area contributed by atoms with E-state index in [1.165, 1.54) is 23.2 Å². The maximum Gasteiger partial charge on any atom is 0.328 e. The van der Waals surface area contributed by atoms with E-state index in [1.807, 2.05) is 0 Å². The predicted octanol–water partition coefficient (Wildman–Crippen LogP) is -0.459. The quantitative estimate of drug-likeness (QED) is 0.653. The minimum absolute atomic E-state index is 0.0519. The highest BCUT2D eigenvalue weighted by Crippen LogP contribution is 2.08. The average Bonchev–Trinajstić information content (AvgIpc) is 3.09. The van der Waals surface area contributed by atoms with Crippen LogP contribution in [0.15, 0.2) is 53.0 Å². The van der Waals surface area contributed by atoms with Crippen LogP contribution in [0.25, 0.3) is 5.82 Å². The monoisotopic (exact) mass is 327 g/mol. The lowest BCUT2D eigenvalue weighted by Crippen LogP contribution is -2.29. The Morgan fingerprint density at radius 2 is 2.12 bits per heavy atom. The number of nitrogens with zero attached hydrogens (tertiary/aromatic N) is 5. The summed E-state index contributed by atoms with van der Waals surface area (Å²) in [6.07, 6.45) is 7.64. The maximum atomic E-state index is 12.0. The molecule has 0 aliphatic carbocycles. The van der Waals surface area contributed by atoms with Gasteiger partial charge in [-0.2, -0.15) is 0 Å². The third kappa shape index (κ3) is 3.61. The van der Waals surface area contributed by atoms with Gasteiger partial charge in [0, 0.05) is 43.7 Å². The summed E-state index contributed by atoms with van der Waals surface area (Å²) in [4.78, 5) is 48.6. The van der Waals surface area contributed by atoms with Crippen LogP contribution in [0, 0.1) is 0 Å². The van der Waals surface area contributed by atoms with Crippen LogP contribution >= 0.6 is 0 Å². The number of aromatic nitrogens is 6. The fraction of sp³-hybridized carbons (Fsp3) is 0.143. The van der Waals surface area contributed by atoms with Gasteiger partial charge < -0.3 is 9.88 Å². The Morgan fingerprint density at radius 3 is 2.88 bits per heavy atom. The summed E-state index contributed by atoms with van der Waals surface area (Å²) in [6.45, 7) is 0.140. The summed E-state index contributed by atoms with van der Waals surface area (Å²) in [6, 6.07) is 2.83. The highest BCUT2D eigenvalue weighted by molar-refractivity contribution is 5.89. The molecule has 0 saturated heterocycles. The second kappa shape index (κ2) is 6.69. The van der Waals surface area contributed by atoms with E-state index in [9.17, 15) is 14.4 Å². The molecule has 1 amide bonds. The van der Waals surface area contributed by atoms with Gasteiger partial charge >= 0.3 is 5.69 Å². The van der Waals surface area contributed by atoms with Crippen molar-refractivity contribution in [3.63, 3.8) is 0 Å². The average molecular weight is 327 g/mol. The van der Waals surface area contributed by atoms with Crippen LogP contribution in [-0.2, 0) is 11.3 Å². The topological polar surface area (TPSA) is 128 Å². The molecule has 3 rings (SSSR count). The number of hydrogen-bond acceptors (Lipinski definition) is 6. The molecule has 0 spiro atoms. The molecule has 0 atom stereocenters. The molecule has 0 fully saturated rings. The third-order valence-corrected chi connectivity index (χ3v) is 3.17. The Balaban J connectivity index is 1.64. The number of rotatable bonds is 5. The van der Waals surface area contributed by atoms with Crippen LogP contribution in [0.3, 0.4) is 0 Å². The van der Waals surface area contributed by atoms with Gasteiger partial charge in [0.15, 0.2) is 0 Å². The molecule has 2 N–H and O–H groups in total. The van der Waals surface area contributed by atoms with E-state index in [4.69, 9.17) is 0 Å². The Morgan fingerprint density at radius 1 is 1.25 bits per heavy atom. The van der Waals surface area contributed by atoms with Crippen LogP contribution in [0.4, 0.5) is 5.82 Å². The van der Waals surface area contributed by atoms with E-state index in [-0.39, 0.29) is 18.9 Å². The van der Waals surface area contributed by atoms with Gasteiger partial charge in [-0.25, -0.2) is 19.7 Å². The number of carbonyl (C=O) groups excluding carboxylic acids is 1. The number of imidazole rings is 1. The molecule has 0 saturated carbocycles. The number of nitrogens with one attached hydrogen (secondary N) is 2. The molecule has 3 heterocycles. The van der Waals surface area contributed by atoms with Crippen molar-refractivity contribution < 1.29 is 4.79 Å². The Kier molecular flexibility index (Phi) is 4.27. The van der Waals surface area contributed by atoms with E-state index >= 15 is 0 Å². The lowest BCUT2D eigenvalue weighted by atomic mass is 10.4. The zero-order valence-electron chi connectivity index (χ0n) is 12.4. The predicted molar refractivity (Wildman–Crippen MR) is 83.7 cm³/mol. The van der Waals surface area contributed by atoms with Gasteiger partial charge in [-0.15, -0.1) is 0 Å². The van der Waals surface area contributed by atoms with Gasteiger partial charge in [-0.1, -0.05) is 0 Å². The second-order valence-corrected chi connectivity index (χ2v) is 4.83. The van der Waals surface area contributed by atoms with Crippen molar-refractivity contribution in [1.82, 2.24) is 29.1 Å². The number of aryl methyl sites for hydroxylation is 1. The lowest BCUT2D eigenvalue weighted by molar-refractivity contribution is -0.116. The van der Waals surface area contributed by atoms with Crippen LogP contribution in [-0.4, -0.2) is 35.0 Å². The molecule has 24 heavy (non-hydrogen) atoms. The highest BCUT2D eigenvalue weighted by Gasteiger charge is 2.07. The molecule has 0 bridgehead atoms. The molecule has 3 aromatic rings. The van der Waals surface area contributed by atoms with Gasteiger partial charge in [0.05, 0.1) is 0 Å². The zero-order valence-corrected chi connectivity index (χ0v) is 12.4. The number of anilines is 1. The van der Waals surface area contributed by atoms with Crippen molar-refractivity contribution in [1.29, 1.82) is 0 Å². The first-order chi connectivity index (χ1) is 11.6. The molecule has 0 aromatic carbocycles. The minimum Gasteiger partial charge on any atom is -0.310 e. The van der Waals surface area contributed by atoms with Gasteiger partial charge in [0.1, 0.15) is 24.3 Å². The fourth-order valence-electron chi connectivity index (χ4n) is 2.00. The Labute approximate surface area is 134 Å². The van der Waals surface area contributed by atoms with Crippen molar-refractivity contribution in [3.05, 3.63) is 64.2 Å². The van der Waals surface area contributed by atoms with Crippen LogP contribution in [0.1, 0.15) is 6.42 Å². The molecular formula is C14H13N7O3. The maximum absolute atomic E-state index is 12.0. The largest absolute Gasteiger partial charge is 0.328 e. The van der Waals surface area contributed by atoms with E-state index in [0.29, 0.717) is 11.6 Å². The van der Waals surface area contributed by atoms with Gasteiger partial charge in [0.2, 0.25) is 5.91 Å². The summed E-state index contributed by atoms with van der Waals surface area (Å²) in [7, 11) is 0. The van der Waals surface area contributed by atoms with E-state index in [0.717, 1.165) is 0 Å². The minimum atomic E-state index is -0.556. The van der Waals surface area contributed by atoms with Crippen molar-refractivity contribution in [3.8, 4) is 5.82 Å². The first kappa shape index (κ1) is 15.3. The summed E-state index contributed by atoms with van der Waals surface area (Å²) in [5.41, 5.74) is -1.03. The molecule has 0 radical (unpaired) electrons. The third-order valence-electron chi connectivity index (χ3n) is 3.17. The van der Waals surface area contributed by atoms with Crippen LogP contribution in [0.2, 0.25) is 0 Å². The smallest absolute Gasteiger partial charge is 0.310 e. The number of carbonyl (C=O) groups is 1. The molecule has 3 aromatic heterocycles. The molecular weight excluding hydrogens is 314 g/mol. The van der Waals surface area contributed by atoms with E-state index in [2.05, 4.69) is 25.3 Å². The van der Waals surface area contributed by atoms with E-state index < -0.39 is 11.2 Å². The van der Waals surface area contributed by atoms with Gasteiger partial charge in [0.25, 0.3) is 5.56 Å². The number of H-pyrrole nitrogens is 1. The van der Waals surface area contributed by atoms with Crippen LogP contribution in [0.5, 0.6) is 0 Å². The summed E-state index contributed by atoms with van der Waals surface area (Å²) < 4.78 is 2.93. The highest BCUT2D eigenvalue weighted by atomic mass is 16.2. The Bertz CT molecular complexity index is 959. The lowest BCUT2D eigenvalue weighted by Gasteiger charge is -2.07. The second-order valence-electron chi connectivity index (χ2n) is 4.83.